The van der Waals surface area contributed by atoms with Gasteiger partial charge in [-0.05, 0) is 64.6 Å². The zero-order valence-corrected chi connectivity index (χ0v) is 20.1. The van der Waals surface area contributed by atoms with E-state index in [1.807, 2.05) is 0 Å². The van der Waals surface area contributed by atoms with Gasteiger partial charge in [0.1, 0.15) is 6.33 Å². The zero-order chi connectivity index (χ0) is 26.7. The van der Waals surface area contributed by atoms with E-state index in [-0.39, 0.29) is 51.9 Å². The molecule has 3 aromatic rings. The van der Waals surface area contributed by atoms with Crippen LogP contribution in [0.4, 0.5) is 19.0 Å². The van der Waals surface area contributed by atoms with Gasteiger partial charge in [0.15, 0.2) is 11.5 Å². The Labute approximate surface area is 212 Å². The lowest BCUT2D eigenvalue weighted by atomic mass is 8.94. The first-order chi connectivity index (χ1) is 17.9. The summed E-state index contributed by atoms with van der Waals surface area (Å²) in [5.41, 5.74) is 5.79. The summed E-state index contributed by atoms with van der Waals surface area (Å²) < 4.78 is 69.4. The highest BCUT2D eigenvalue weighted by Crippen LogP contribution is 3.08. The molecule has 0 aliphatic heterocycles. The topological polar surface area (TPSA) is 157 Å². The number of rotatable bonds is 5. The summed E-state index contributed by atoms with van der Waals surface area (Å²) in [5, 5.41) is 13.8. The van der Waals surface area contributed by atoms with Gasteiger partial charge in [0.2, 0.25) is 0 Å². The van der Waals surface area contributed by atoms with E-state index < -0.39 is 33.1 Å². The fraction of sp³-hybridized carbons (Fsp3) is 0.435. The number of nitrogen functional groups attached to an aromatic ring is 1. The van der Waals surface area contributed by atoms with Crippen molar-refractivity contribution in [3.8, 4) is 17.3 Å². The van der Waals surface area contributed by atoms with E-state index in [0.29, 0.717) is 21.3 Å². The number of aryl methyl sites for hydroxylation is 1. The number of imidazole rings is 1. The first-order valence-electron chi connectivity index (χ1n) is 11.7. The molecule has 38 heavy (non-hydrogen) atoms. The van der Waals surface area contributed by atoms with Crippen LogP contribution in [0, 0.1) is 59.2 Å². The average Bonchev–Trinajstić information content (AvgIpc) is 3.31. The molecule has 0 spiro atoms. The molecule has 0 unspecified atom stereocenters. The van der Waals surface area contributed by atoms with E-state index in [9.17, 15) is 31.6 Å². The minimum atomic E-state index is -5.39. The number of hydrogen-bond acceptors (Lipinski definition) is 9. The van der Waals surface area contributed by atoms with Crippen LogP contribution >= 0.6 is 0 Å². The van der Waals surface area contributed by atoms with Gasteiger partial charge in [-0.3, -0.25) is 0 Å². The highest BCUT2D eigenvalue weighted by atomic mass is 32.2. The lowest BCUT2D eigenvalue weighted by Crippen LogP contribution is -3.14. The van der Waals surface area contributed by atoms with Crippen LogP contribution in [0.1, 0.15) is 5.56 Å². The van der Waals surface area contributed by atoms with Crippen LogP contribution in [0.3, 0.4) is 0 Å². The molecule has 1 aromatic carbocycles. The maximum Gasteiger partial charge on any atom is 0.492 e. The van der Waals surface area contributed by atoms with Gasteiger partial charge in [0, 0.05) is 5.56 Å². The minimum Gasteiger partial charge on any atom is -0.381 e. The number of nitrogens with zero attached hydrogens (tertiary/aromatic N) is 6. The number of hydrogen-bond donors (Lipinski definition) is 1. The number of anilines is 1. The number of carbonyl (C=O) groups excluding carboxylic acids is 1. The number of nitrogens with two attached hydrogens (primary N) is 1. The van der Waals surface area contributed by atoms with Crippen LogP contribution < -0.4 is 5.73 Å². The number of hydroxylamine groups is 1. The van der Waals surface area contributed by atoms with Crippen LogP contribution in [0.15, 0.2) is 35.6 Å². The number of carbonyl (C=O) groups is 1. The van der Waals surface area contributed by atoms with E-state index in [2.05, 4.69) is 21.1 Å². The molecule has 0 amide bonds. The molecule has 6 saturated carbocycles. The van der Waals surface area contributed by atoms with Crippen molar-refractivity contribution in [2.45, 2.75) is 23.5 Å². The molecule has 0 bridgehead atoms. The molecule has 9 rings (SSSR count). The molecule has 6 aliphatic rings. The van der Waals surface area contributed by atoms with Crippen molar-refractivity contribution in [1.82, 2.24) is 24.1 Å². The van der Waals surface area contributed by atoms with Crippen LogP contribution in [0.5, 0.6) is 0 Å². The van der Waals surface area contributed by atoms with Gasteiger partial charge >= 0.3 is 12.1 Å². The number of halogens is 3. The summed E-state index contributed by atoms with van der Waals surface area (Å²) in [6, 6.07) is 6.40. The lowest BCUT2D eigenvalue weighted by Gasteiger charge is -3.09. The fourth-order valence-corrected chi connectivity index (χ4v) is 10.3. The molecule has 194 valence electrons. The van der Waals surface area contributed by atoms with Crippen LogP contribution in [-0.2, 0) is 19.7 Å². The van der Waals surface area contributed by atoms with Gasteiger partial charge in [0.05, 0.1) is 33.8 Å². The second-order valence-electron chi connectivity index (χ2n) is 10.7. The number of nitriles is 1. The first-order valence-corrected chi connectivity index (χ1v) is 13.2. The third-order valence-electron chi connectivity index (χ3n) is 9.82. The molecule has 2 aromatic heterocycles. The van der Waals surface area contributed by atoms with E-state index in [1.54, 1.807) is 6.92 Å². The van der Waals surface area contributed by atoms with Gasteiger partial charge in [0.25, 0.3) is 10.0 Å². The van der Waals surface area contributed by atoms with Crippen molar-refractivity contribution < 1.29 is 31.2 Å². The summed E-state index contributed by atoms with van der Waals surface area (Å²) in [6.45, 7) is 1.72. The molecule has 6 fully saturated rings. The molecule has 15 heteroatoms. The van der Waals surface area contributed by atoms with Crippen molar-refractivity contribution in [2.24, 2.45) is 40.9 Å². The molecule has 0 atom stereocenters. The van der Waals surface area contributed by atoms with Crippen molar-refractivity contribution in [3.05, 3.63) is 36.3 Å². The zero-order valence-electron chi connectivity index (χ0n) is 19.3. The first kappa shape index (κ1) is 22.2. The van der Waals surface area contributed by atoms with E-state index in [4.69, 9.17) is 10.6 Å². The summed E-state index contributed by atoms with van der Waals surface area (Å²) in [6.07, 6.45) is -2.75. The molecule has 0 saturated heterocycles. The Bertz CT molecular complexity index is 1740. The minimum absolute atomic E-state index is 0.0633. The van der Waals surface area contributed by atoms with Gasteiger partial charge in [-0.25, -0.2) is 27.7 Å². The Morgan fingerprint density at radius 3 is 2.45 bits per heavy atom. The largest absolute Gasteiger partial charge is 0.492 e. The van der Waals surface area contributed by atoms with Gasteiger partial charge < -0.3 is 10.6 Å². The Kier molecular flexibility index (Phi) is 3.57. The van der Waals surface area contributed by atoms with Crippen LogP contribution in [0.25, 0.3) is 16.9 Å². The third-order valence-corrected chi connectivity index (χ3v) is 11.5. The number of fused-ring (bicyclic) bond motifs is 1. The summed E-state index contributed by atoms with van der Waals surface area (Å²) >= 11 is 0. The smallest absolute Gasteiger partial charge is 0.381 e. The predicted molar refractivity (Wildman–Crippen MR) is 118 cm³/mol. The van der Waals surface area contributed by atoms with Gasteiger partial charge in [-0.2, -0.15) is 23.5 Å². The Hall–Kier alpha value is -3.77. The molecule has 0 radical (unpaired) electrons. The fourth-order valence-electron chi connectivity index (χ4n) is 8.67. The SMILES string of the molecule is Cc1ccc(S(=O)(=O)N(OC(=O)C(F)(F)F)C23C4C5C2C2C3C4C52C#N)cc1-c1cnc2c(N)ncnn12. The van der Waals surface area contributed by atoms with E-state index in [1.165, 1.54) is 35.2 Å². The molecular formula is C23H16F3N7O4S. The van der Waals surface area contributed by atoms with Crippen LogP contribution in [-0.4, -0.2) is 50.2 Å². The standard InChI is InChI=1S/C23H16F3N7O4S/c1-8-2-3-9(4-10(8)11-5-29-19-18(28)30-7-31-32(11)19)38(35,36)33(37-20(34)23(24,25)26)22-15-12-16(22)14-17(22)13(15)21(12,14)6-27/h2-5,7,12-17H,1H3,(H2,28,30,31). The Morgan fingerprint density at radius 2 is 1.84 bits per heavy atom. The average molecular weight is 543 g/mol. The molecule has 2 N–H and O–H groups in total. The summed E-state index contributed by atoms with van der Waals surface area (Å²) in [7, 11) is -4.75. The van der Waals surface area contributed by atoms with Crippen molar-refractivity contribution in [2.75, 3.05) is 5.73 Å². The molecular weight excluding hydrogens is 527 g/mol. The van der Waals surface area contributed by atoms with E-state index in [0.717, 1.165) is 0 Å². The number of alkyl halides is 3. The lowest BCUT2D eigenvalue weighted by molar-refractivity contribution is -0.635. The second-order valence-corrected chi connectivity index (χ2v) is 12.4. The highest BCUT2D eigenvalue weighted by molar-refractivity contribution is 7.89. The van der Waals surface area contributed by atoms with Gasteiger partial charge in [-0.15, -0.1) is 0 Å². The number of benzene rings is 1. The summed E-state index contributed by atoms with van der Waals surface area (Å²) in [4.78, 5) is 24.4. The van der Waals surface area contributed by atoms with Crippen molar-refractivity contribution >= 4 is 27.5 Å². The Balaban J connectivity index is 1.23. The number of sulfonamides is 1. The van der Waals surface area contributed by atoms with Crippen molar-refractivity contribution in [1.29, 1.82) is 5.26 Å². The maximum atomic E-state index is 14.0. The maximum absolute atomic E-state index is 14.0. The quantitative estimate of drug-likeness (QED) is 0.473. The monoisotopic (exact) mass is 543 g/mol. The Morgan fingerprint density at radius 1 is 1.18 bits per heavy atom. The number of aromatic nitrogens is 4. The van der Waals surface area contributed by atoms with Crippen molar-refractivity contribution in [3.63, 3.8) is 0 Å². The van der Waals surface area contributed by atoms with Crippen LogP contribution in [0.2, 0.25) is 0 Å². The van der Waals surface area contributed by atoms with Gasteiger partial charge in [-0.1, -0.05) is 6.07 Å². The normalized spacial score (nSPS) is 36.7. The highest BCUT2D eigenvalue weighted by Gasteiger charge is 3.13. The molecule has 11 nitrogen and oxygen atoms in total. The molecule has 6 aliphatic carbocycles. The molecule has 2 heterocycles. The second kappa shape index (κ2) is 6.10. The summed E-state index contributed by atoms with van der Waals surface area (Å²) in [5.74, 6) is -3.56. The predicted octanol–water partition coefficient (Wildman–Crippen LogP) is 1.71. The van der Waals surface area contributed by atoms with E-state index >= 15 is 0 Å². The third kappa shape index (κ3) is 1.94.